The van der Waals surface area contributed by atoms with Gasteiger partial charge in [-0.2, -0.15) is 0 Å². The molecule has 0 spiro atoms. The maximum absolute atomic E-state index is 13.3. The summed E-state index contributed by atoms with van der Waals surface area (Å²) in [6, 6.07) is 9.81. The monoisotopic (exact) mass is 496 g/mol. The fourth-order valence-electron chi connectivity index (χ4n) is 4.57. The van der Waals surface area contributed by atoms with Gasteiger partial charge >= 0.3 is 5.69 Å². The van der Waals surface area contributed by atoms with Crippen molar-refractivity contribution < 1.29 is 9.59 Å². The van der Waals surface area contributed by atoms with Gasteiger partial charge < -0.3 is 10.2 Å². The molecule has 1 aliphatic rings. The molecule has 9 heteroatoms. The lowest BCUT2D eigenvalue weighted by molar-refractivity contribution is -0.135. The number of nitrogens with zero attached hydrogens (tertiary/aromatic N) is 3. The molecule has 1 N–H and O–H groups in total. The summed E-state index contributed by atoms with van der Waals surface area (Å²) in [5.74, 6) is -0.238. The van der Waals surface area contributed by atoms with Crippen LogP contribution in [0.2, 0.25) is 0 Å². The largest absolute Gasteiger partial charge is 0.352 e. The van der Waals surface area contributed by atoms with Crippen LogP contribution in [0.4, 0.5) is 0 Å². The van der Waals surface area contributed by atoms with E-state index in [0.29, 0.717) is 29.7 Å². The summed E-state index contributed by atoms with van der Waals surface area (Å²) in [6.07, 6.45) is 3.57. The molecular formula is C26H32N4O4S. The van der Waals surface area contributed by atoms with Gasteiger partial charge in [-0.1, -0.05) is 29.8 Å². The summed E-state index contributed by atoms with van der Waals surface area (Å²) < 4.78 is 3.03. The second-order valence-corrected chi connectivity index (χ2v) is 10.2. The normalized spacial score (nSPS) is 15.9. The summed E-state index contributed by atoms with van der Waals surface area (Å²) in [6.45, 7) is 5.20. The Hall–Kier alpha value is -3.20. The van der Waals surface area contributed by atoms with Crippen LogP contribution in [-0.2, 0) is 29.2 Å². The summed E-state index contributed by atoms with van der Waals surface area (Å²) in [4.78, 5) is 53.4. The van der Waals surface area contributed by atoms with E-state index < -0.39 is 5.69 Å². The number of carbonyl (C=O) groups excluding carboxylic acids is 2. The number of aromatic nitrogens is 2. The number of aryl methyl sites for hydroxylation is 1. The summed E-state index contributed by atoms with van der Waals surface area (Å²) in [7, 11) is 0. The van der Waals surface area contributed by atoms with Crippen molar-refractivity contribution in [2.45, 2.75) is 71.6 Å². The van der Waals surface area contributed by atoms with Crippen molar-refractivity contribution in [1.29, 1.82) is 0 Å². The van der Waals surface area contributed by atoms with Crippen LogP contribution in [0.3, 0.4) is 0 Å². The van der Waals surface area contributed by atoms with Gasteiger partial charge in [-0.25, -0.2) is 4.79 Å². The fraction of sp³-hybridized carbons (Fsp3) is 0.462. The van der Waals surface area contributed by atoms with Gasteiger partial charge in [0.2, 0.25) is 11.8 Å². The molecule has 0 saturated carbocycles. The Kier molecular flexibility index (Phi) is 7.85. The Morgan fingerprint density at radius 3 is 2.60 bits per heavy atom. The second kappa shape index (κ2) is 11.0. The molecule has 1 unspecified atom stereocenters. The number of thiophene rings is 1. The van der Waals surface area contributed by atoms with Crippen LogP contribution in [0, 0.1) is 6.92 Å². The van der Waals surface area contributed by atoms with E-state index in [-0.39, 0.29) is 42.9 Å². The number of hydrogen-bond donors (Lipinski definition) is 1. The first kappa shape index (κ1) is 24.9. The van der Waals surface area contributed by atoms with Crippen LogP contribution < -0.4 is 16.6 Å². The van der Waals surface area contributed by atoms with E-state index in [9.17, 15) is 19.2 Å². The van der Waals surface area contributed by atoms with E-state index in [4.69, 9.17) is 0 Å². The molecule has 3 heterocycles. The SMILES string of the molecule is Cc1ccc(CNC(=O)CCCn2c(=O)c3sccc3n(CC(=O)N3CCCCC3C)c2=O)cc1. The number of carbonyl (C=O) groups is 2. The first-order valence-corrected chi connectivity index (χ1v) is 13.1. The Morgan fingerprint density at radius 1 is 1.09 bits per heavy atom. The number of likely N-dealkylation sites (tertiary alicyclic amines) is 1. The van der Waals surface area contributed by atoms with Crippen molar-refractivity contribution in [1.82, 2.24) is 19.4 Å². The predicted octanol–water partition coefficient (Wildman–Crippen LogP) is 3.03. The lowest BCUT2D eigenvalue weighted by atomic mass is 10.0. The molecule has 1 aliphatic heterocycles. The Labute approximate surface area is 208 Å². The van der Waals surface area contributed by atoms with E-state index in [1.54, 1.807) is 11.4 Å². The number of rotatable bonds is 8. The first-order chi connectivity index (χ1) is 16.8. The van der Waals surface area contributed by atoms with Crippen LogP contribution in [0.15, 0.2) is 45.3 Å². The Bertz CT molecular complexity index is 1320. The van der Waals surface area contributed by atoms with Crippen molar-refractivity contribution in [3.05, 3.63) is 67.7 Å². The fourth-order valence-corrected chi connectivity index (χ4v) is 5.41. The van der Waals surface area contributed by atoms with Crippen LogP contribution in [0.1, 0.15) is 50.2 Å². The zero-order chi connectivity index (χ0) is 24.9. The molecule has 35 heavy (non-hydrogen) atoms. The van der Waals surface area contributed by atoms with E-state index in [1.165, 1.54) is 20.5 Å². The smallest absolute Gasteiger partial charge is 0.332 e. The molecular weight excluding hydrogens is 464 g/mol. The quantitative estimate of drug-likeness (QED) is 0.519. The van der Waals surface area contributed by atoms with E-state index in [2.05, 4.69) is 5.32 Å². The highest BCUT2D eigenvalue weighted by molar-refractivity contribution is 7.17. The number of nitrogens with one attached hydrogen (secondary N) is 1. The zero-order valence-corrected chi connectivity index (χ0v) is 21.1. The van der Waals surface area contributed by atoms with Crippen molar-refractivity contribution in [3.63, 3.8) is 0 Å². The minimum atomic E-state index is -0.501. The summed E-state index contributed by atoms with van der Waals surface area (Å²) in [5.41, 5.74) is 1.80. The minimum Gasteiger partial charge on any atom is -0.352 e. The van der Waals surface area contributed by atoms with Gasteiger partial charge in [-0.15, -0.1) is 11.3 Å². The van der Waals surface area contributed by atoms with Crippen LogP contribution in [0.25, 0.3) is 10.2 Å². The van der Waals surface area contributed by atoms with E-state index >= 15 is 0 Å². The summed E-state index contributed by atoms with van der Waals surface area (Å²) in [5, 5.41) is 4.64. The highest BCUT2D eigenvalue weighted by atomic mass is 32.1. The lowest BCUT2D eigenvalue weighted by Gasteiger charge is -2.33. The highest BCUT2D eigenvalue weighted by Crippen LogP contribution is 2.19. The molecule has 1 fully saturated rings. The van der Waals surface area contributed by atoms with Gasteiger partial charge in [0.1, 0.15) is 11.2 Å². The van der Waals surface area contributed by atoms with Gasteiger partial charge in [0.15, 0.2) is 0 Å². The second-order valence-electron chi connectivity index (χ2n) is 9.26. The molecule has 1 saturated heterocycles. The highest BCUT2D eigenvalue weighted by Gasteiger charge is 2.25. The van der Waals surface area contributed by atoms with Crippen LogP contribution in [-0.4, -0.2) is 38.4 Å². The molecule has 1 atom stereocenters. The average molecular weight is 497 g/mol. The molecule has 8 nitrogen and oxygen atoms in total. The molecule has 0 aliphatic carbocycles. The number of amides is 2. The van der Waals surface area contributed by atoms with Gasteiger partial charge in [-0.05, 0) is 56.5 Å². The third kappa shape index (κ3) is 5.73. The van der Waals surface area contributed by atoms with Gasteiger partial charge in [0.25, 0.3) is 5.56 Å². The Morgan fingerprint density at radius 2 is 1.86 bits per heavy atom. The van der Waals surface area contributed by atoms with Gasteiger partial charge in [-0.3, -0.25) is 23.5 Å². The molecule has 186 valence electrons. The van der Waals surface area contributed by atoms with Crippen LogP contribution in [0.5, 0.6) is 0 Å². The first-order valence-electron chi connectivity index (χ1n) is 12.2. The number of benzene rings is 1. The third-order valence-electron chi connectivity index (χ3n) is 6.65. The number of fused-ring (bicyclic) bond motifs is 1. The number of piperidine rings is 1. The summed E-state index contributed by atoms with van der Waals surface area (Å²) >= 11 is 1.26. The molecule has 0 radical (unpaired) electrons. The third-order valence-corrected chi connectivity index (χ3v) is 7.54. The van der Waals surface area contributed by atoms with Crippen molar-refractivity contribution in [2.24, 2.45) is 0 Å². The minimum absolute atomic E-state index is 0.0896. The maximum Gasteiger partial charge on any atom is 0.332 e. The molecule has 0 bridgehead atoms. The Balaban J connectivity index is 1.44. The van der Waals surface area contributed by atoms with Gasteiger partial charge in [0, 0.05) is 32.1 Å². The number of hydrogen-bond acceptors (Lipinski definition) is 5. The standard InChI is InChI=1S/C26H32N4O4S/c1-18-8-10-20(11-9-18)16-27-22(31)7-5-14-29-25(33)24-21(12-15-35-24)30(26(29)34)17-23(32)28-13-4-3-6-19(28)2/h8-12,15,19H,3-7,13-14,16-17H2,1-2H3,(H,27,31). The topological polar surface area (TPSA) is 93.4 Å². The van der Waals surface area contributed by atoms with Crippen molar-refractivity contribution in [2.75, 3.05) is 6.54 Å². The van der Waals surface area contributed by atoms with Crippen LogP contribution >= 0.6 is 11.3 Å². The van der Waals surface area contributed by atoms with Crippen molar-refractivity contribution >= 4 is 33.4 Å². The van der Waals surface area contributed by atoms with E-state index in [1.807, 2.05) is 43.0 Å². The lowest BCUT2D eigenvalue weighted by Crippen LogP contribution is -2.47. The predicted molar refractivity (Wildman–Crippen MR) is 138 cm³/mol. The van der Waals surface area contributed by atoms with Gasteiger partial charge in [0.05, 0.1) is 5.52 Å². The molecule has 3 aromatic rings. The van der Waals surface area contributed by atoms with Crippen molar-refractivity contribution in [3.8, 4) is 0 Å². The molecule has 1 aromatic carbocycles. The molecule has 2 aromatic heterocycles. The zero-order valence-electron chi connectivity index (χ0n) is 20.3. The average Bonchev–Trinajstić information content (AvgIpc) is 3.34. The van der Waals surface area contributed by atoms with E-state index in [0.717, 1.165) is 30.4 Å². The maximum atomic E-state index is 13.3. The molecule has 4 rings (SSSR count). The molecule has 2 amide bonds.